The number of carbonyl (C=O) groups is 2. The summed E-state index contributed by atoms with van der Waals surface area (Å²) in [6.45, 7) is 1.44. The minimum Gasteiger partial charge on any atom is -0.497 e. The Labute approximate surface area is 111 Å². The van der Waals surface area contributed by atoms with Crippen molar-refractivity contribution in [2.75, 3.05) is 7.11 Å². The zero-order valence-electron chi connectivity index (χ0n) is 10.8. The number of Topliss-reactive ketones (excluding diaryl/α,β-unsaturated/α-hetero) is 1. The Bertz CT molecular complexity index is 615. The lowest BCUT2D eigenvalue weighted by Gasteiger charge is -2.08. The van der Waals surface area contributed by atoms with Gasteiger partial charge in [0.15, 0.2) is 11.6 Å². The number of methoxy groups -OCH3 is 1. The first-order valence-corrected chi connectivity index (χ1v) is 5.92. The van der Waals surface area contributed by atoms with Crippen LogP contribution in [0.5, 0.6) is 5.75 Å². The van der Waals surface area contributed by atoms with E-state index in [1.165, 1.54) is 14.0 Å². The van der Waals surface area contributed by atoms with Crippen LogP contribution in [0.15, 0.2) is 48.5 Å². The SMILES string of the molecule is COc1ccc(C(=O)c2ccccc2)c(C(C)=O)c1. The van der Waals surface area contributed by atoms with E-state index >= 15 is 0 Å². The van der Waals surface area contributed by atoms with E-state index in [0.29, 0.717) is 22.4 Å². The molecule has 0 fully saturated rings. The van der Waals surface area contributed by atoms with Gasteiger partial charge in [-0.2, -0.15) is 0 Å². The predicted octanol–water partition coefficient (Wildman–Crippen LogP) is 3.13. The Balaban J connectivity index is 2.50. The van der Waals surface area contributed by atoms with Crippen LogP contribution in [0.4, 0.5) is 0 Å². The van der Waals surface area contributed by atoms with Gasteiger partial charge < -0.3 is 4.74 Å². The minimum absolute atomic E-state index is 0.154. The van der Waals surface area contributed by atoms with Gasteiger partial charge in [-0.3, -0.25) is 9.59 Å². The van der Waals surface area contributed by atoms with E-state index in [0.717, 1.165) is 0 Å². The average Bonchev–Trinajstić information content (AvgIpc) is 2.46. The molecule has 0 amide bonds. The number of ketones is 2. The molecule has 0 spiro atoms. The van der Waals surface area contributed by atoms with Gasteiger partial charge >= 0.3 is 0 Å². The molecular weight excluding hydrogens is 240 g/mol. The van der Waals surface area contributed by atoms with Crippen molar-refractivity contribution in [1.82, 2.24) is 0 Å². The third-order valence-electron chi connectivity index (χ3n) is 2.89. The molecule has 2 aromatic rings. The first-order chi connectivity index (χ1) is 9.13. The molecule has 3 heteroatoms. The summed E-state index contributed by atoms with van der Waals surface area (Å²) in [4.78, 5) is 24.0. The third kappa shape index (κ3) is 2.71. The number of hydrogen-bond donors (Lipinski definition) is 0. The van der Waals surface area contributed by atoms with E-state index in [2.05, 4.69) is 0 Å². The van der Waals surface area contributed by atoms with Crippen LogP contribution in [-0.2, 0) is 0 Å². The van der Waals surface area contributed by atoms with Crippen molar-refractivity contribution in [3.05, 3.63) is 65.2 Å². The molecule has 0 aliphatic heterocycles. The van der Waals surface area contributed by atoms with E-state index in [1.54, 1.807) is 42.5 Å². The number of ether oxygens (including phenoxy) is 1. The molecule has 2 aromatic carbocycles. The zero-order valence-corrected chi connectivity index (χ0v) is 10.8. The molecule has 3 nitrogen and oxygen atoms in total. The molecule has 0 N–H and O–H groups in total. The summed E-state index contributed by atoms with van der Waals surface area (Å²) in [5.41, 5.74) is 1.35. The molecular formula is C16H14O3. The van der Waals surface area contributed by atoms with Gasteiger partial charge in [0.05, 0.1) is 7.11 Å². The van der Waals surface area contributed by atoms with Crippen molar-refractivity contribution in [3.8, 4) is 5.75 Å². The van der Waals surface area contributed by atoms with Crippen LogP contribution < -0.4 is 4.74 Å². The number of benzene rings is 2. The highest BCUT2D eigenvalue weighted by atomic mass is 16.5. The first-order valence-electron chi connectivity index (χ1n) is 5.92. The second-order valence-corrected chi connectivity index (χ2v) is 4.16. The fraction of sp³-hybridized carbons (Fsp3) is 0.125. The van der Waals surface area contributed by atoms with E-state index in [-0.39, 0.29) is 11.6 Å². The summed E-state index contributed by atoms with van der Waals surface area (Å²) < 4.78 is 5.08. The van der Waals surface area contributed by atoms with Crippen molar-refractivity contribution in [1.29, 1.82) is 0 Å². The van der Waals surface area contributed by atoms with Gasteiger partial charge in [-0.15, -0.1) is 0 Å². The highest BCUT2D eigenvalue weighted by molar-refractivity contribution is 6.15. The molecule has 96 valence electrons. The van der Waals surface area contributed by atoms with E-state index in [4.69, 9.17) is 4.74 Å². The van der Waals surface area contributed by atoms with E-state index in [9.17, 15) is 9.59 Å². The molecule has 0 aromatic heterocycles. The van der Waals surface area contributed by atoms with Crippen LogP contribution in [0.1, 0.15) is 33.2 Å². The second kappa shape index (κ2) is 5.48. The molecule has 0 saturated heterocycles. The lowest BCUT2D eigenvalue weighted by Crippen LogP contribution is -2.08. The maximum Gasteiger partial charge on any atom is 0.193 e. The van der Waals surface area contributed by atoms with Gasteiger partial charge in [-0.05, 0) is 25.1 Å². The Morgan fingerprint density at radius 2 is 1.63 bits per heavy atom. The summed E-state index contributed by atoms with van der Waals surface area (Å²) in [5, 5.41) is 0. The van der Waals surface area contributed by atoms with Crippen molar-refractivity contribution in [3.63, 3.8) is 0 Å². The molecule has 2 rings (SSSR count). The van der Waals surface area contributed by atoms with Crippen molar-refractivity contribution in [2.45, 2.75) is 6.92 Å². The van der Waals surface area contributed by atoms with Crippen LogP contribution in [-0.4, -0.2) is 18.7 Å². The minimum atomic E-state index is -0.159. The summed E-state index contributed by atoms with van der Waals surface area (Å²) in [6, 6.07) is 13.8. The molecule has 0 aliphatic carbocycles. The Morgan fingerprint density at radius 3 is 2.21 bits per heavy atom. The Kier molecular flexibility index (Phi) is 3.76. The maximum atomic E-state index is 12.4. The van der Waals surface area contributed by atoms with Crippen molar-refractivity contribution in [2.24, 2.45) is 0 Å². The van der Waals surface area contributed by atoms with Crippen LogP contribution >= 0.6 is 0 Å². The predicted molar refractivity (Wildman–Crippen MR) is 72.9 cm³/mol. The lowest BCUT2D eigenvalue weighted by atomic mass is 9.96. The van der Waals surface area contributed by atoms with Crippen LogP contribution in [0.3, 0.4) is 0 Å². The van der Waals surface area contributed by atoms with Crippen LogP contribution in [0, 0.1) is 0 Å². The summed E-state index contributed by atoms with van der Waals surface area (Å²) >= 11 is 0. The molecule has 0 heterocycles. The van der Waals surface area contributed by atoms with Gasteiger partial charge in [0, 0.05) is 16.7 Å². The number of hydrogen-bond acceptors (Lipinski definition) is 3. The van der Waals surface area contributed by atoms with Gasteiger partial charge in [0.2, 0.25) is 0 Å². The molecule has 0 bridgehead atoms. The maximum absolute atomic E-state index is 12.4. The summed E-state index contributed by atoms with van der Waals surface area (Å²) in [6.07, 6.45) is 0. The molecule has 0 atom stereocenters. The lowest BCUT2D eigenvalue weighted by molar-refractivity contribution is 0.0990. The average molecular weight is 254 g/mol. The molecule has 0 saturated carbocycles. The van der Waals surface area contributed by atoms with Crippen molar-refractivity contribution >= 4 is 11.6 Å². The monoisotopic (exact) mass is 254 g/mol. The van der Waals surface area contributed by atoms with Crippen LogP contribution in [0.2, 0.25) is 0 Å². The first kappa shape index (κ1) is 13.0. The van der Waals surface area contributed by atoms with E-state index in [1.807, 2.05) is 6.07 Å². The summed E-state index contributed by atoms with van der Waals surface area (Å²) in [7, 11) is 1.53. The molecule has 19 heavy (non-hydrogen) atoms. The van der Waals surface area contributed by atoms with Crippen LogP contribution in [0.25, 0.3) is 0 Å². The topological polar surface area (TPSA) is 43.4 Å². The summed E-state index contributed by atoms with van der Waals surface area (Å²) in [5.74, 6) is 0.251. The molecule has 0 radical (unpaired) electrons. The highest BCUT2D eigenvalue weighted by Crippen LogP contribution is 2.21. The Hall–Kier alpha value is -2.42. The fourth-order valence-corrected chi connectivity index (χ4v) is 1.88. The standard InChI is InChI=1S/C16H14O3/c1-11(17)15-10-13(19-2)8-9-14(15)16(18)12-6-4-3-5-7-12/h3-10H,1-2H3. The van der Waals surface area contributed by atoms with Gasteiger partial charge in [-0.25, -0.2) is 0 Å². The van der Waals surface area contributed by atoms with Gasteiger partial charge in [0.25, 0.3) is 0 Å². The van der Waals surface area contributed by atoms with E-state index < -0.39 is 0 Å². The highest BCUT2D eigenvalue weighted by Gasteiger charge is 2.16. The number of rotatable bonds is 4. The fourth-order valence-electron chi connectivity index (χ4n) is 1.88. The smallest absolute Gasteiger partial charge is 0.193 e. The van der Waals surface area contributed by atoms with Crippen molar-refractivity contribution < 1.29 is 14.3 Å². The molecule has 0 unspecified atom stereocenters. The normalized spacial score (nSPS) is 10.0. The largest absolute Gasteiger partial charge is 0.497 e. The van der Waals surface area contributed by atoms with Gasteiger partial charge in [0.1, 0.15) is 5.75 Å². The molecule has 0 aliphatic rings. The third-order valence-corrected chi connectivity index (χ3v) is 2.89. The second-order valence-electron chi connectivity index (χ2n) is 4.16. The number of carbonyl (C=O) groups excluding carboxylic acids is 2. The Morgan fingerprint density at radius 1 is 0.947 bits per heavy atom. The quantitative estimate of drug-likeness (QED) is 0.787. The zero-order chi connectivity index (χ0) is 13.8. The van der Waals surface area contributed by atoms with Gasteiger partial charge in [-0.1, -0.05) is 30.3 Å².